The molecule has 0 bridgehead atoms. The van der Waals surface area contributed by atoms with Gasteiger partial charge in [-0.05, 0) is 13.5 Å². The summed E-state index contributed by atoms with van der Waals surface area (Å²) >= 11 is 0. The Bertz CT molecular complexity index is 779. The molecule has 0 N–H and O–H groups in total. The average Bonchev–Trinajstić information content (AvgIpc) is 3.14. The largest absolute Gasteiger partial charge is 0.445 e. The molecule has 1 unspecified atom stereocenters. The quantitative estimate of drug-likeness (QED) is 0.781. The smallest absolute Gasteiger partial charge is 0.224 e. The summed E-state index contributed by atoms with van der Waals surface area (Å²) in [6.07, 6.45) is 1.75. The summed E-state index contributed by atoms with van der Waals surface area (Å²) in [4.78, 5) is 21.0. The summed E-state index contributed by atoms with van der Waals surface area (Å²) in [5, 5.41) is 0. The molecule has 1 saturated heterocycles. The van der Waals surface area contributed by atoms with Crippen molar-refractivity contribution in [1.82, 2.24) is 14.8 Å². The highest BCUT2D eigenvalue weighted by Crippen LogP contribution is 2.27. The van der Waals surface area contributed by atoms with Gasteiger partial charge in [-0.15, -0.1) is 0 Å². The van der Waals surface area contributed by atoms with Crippen LogP contribution >= 0.6 is 0 Å². The van der Waals surface area contributed by atoms with Crippen LogP contribution in [0.5, 0.6) is 0 Å². The van der Waals surface area contributed by atoms with Crippen molar-refractivity contribution in [3.63, 3.8) is 0 Å². The van der Waals surface area contributed by atoms with Crippen LogP contribution < -0.4 is 0 Å². The van der Waals surface area contributed by atoms with Gasteiger partial charge in [0.25, 0.3) is 0 Å². The van der Waals surface area contributed by atoms with E-state index in [1.807, 2.05) is 16.8 Å². The van der Waals surface area contributed by atoms with Crippen LogP contribution in [0.25, 0.3) is 0 Å². The molecule has 1 atom stereocenters. The number of hydrogen-bond donors (Lipinski definition) is 0. The van der Waals surface area contributed by atoms with E-state index >= 15 is 0 Å². The molecule has 7 nitrogen and oxygen atoms in total. The molecule has 1 aromatic heterocycles. The van der Waals surface area contributed by atoms with Crippen LogP contribution in [0, 0.1) is 0 Å². The first-order valence-electron chi connectivity index (χ1n) is 9.23. The second kappa shape index (κ2) is 6.96. The molecule has 8 heteroatoms. The summed E-state index contributed by atoms with van der Waals surface area (Å²) < 4.78 is 29.1. The van der Waals surface area contributed by atoms with E-state index in [0.717, 1.165) is 17.3 Å². The SMILES string of the molecule is CN(CCC(=O)N1CCc2oc(C(C)(C)C)nc2C1)C1CCS(=O)(=O)C1. The van der Waals surface area contributed by atoms with Crippen molar-refractivity contribution in [3.05, 3.63) is 17.3 Å². The topological polar surface area (TPSA) is 83.7 Å². The maximum atomic E-state index is 12.6. The van der Waals surface area contributed by atoms with Gasteiger partial charge in [-0.1, -0.05) is 20.8 Å². The summed E-state index contributed by atoms with van der Waals surface area (Å²) in [6.45, 7) is 7.90. The van der Waals surface area contributed by atoms with Crippen molar-refractivity contribution in [2.75, 3.05) is 31.6 Å². The fraction of sp³-hybridized carbons (Fsp3) is 0.778. The van der Waals surface area contributed by atoms with Crippen LogP contribution in [0.15, 0.2) is 4.42 Å². The second-order valence-electron chi connectivity index (χ2n) is 8.49. The van der Waals surface area contributed by atoms with Gasteiger partial charge in [-0.3, -0.25) is 4.79 Å². The lowest BCUT2D eigenvalue weighted by atomic mass is 9.97. The van der Waals surface area contributed by atoms with Crippen molar-refractivity contribution in [1.29, 1.82) is 0 Å². The molecule has 0 radical (unpaired) electrons. The summed E-state index contributed by atoms with van der Waals surface area (Å²) in [6, 6.07) is 0.0330. The van der Waals surface area contributed by atoms with Crippen LogP contribution in [0.4, 0.5) is 0 Å². The Morgan fingerprint density at radius 2 is 2.12 bits per heavy atom. The Morgan fingerprint density at radius 1 is 1.38 bits per heavy atom. The molecule has 1 amide bonds. The van der Waals surface area contributed by atoms with Crippen LogP contribution in [0.3, 0.4) is 0 Å². The predicted molar refractivity (Wildman–Crippen MR) is 98.6 cm³/mol. The molecule has 0 aliphatic carbocycles. The van der Waals surface area contributed by atoms with Crippen LogP contribution in [0.1, 0.15) is 51.0 Å². The maximum absolute atomic E-state index is 12.6. The molecule has 2 aliphatic rings. The zero-order valence-corrected chi connectivity index (χ0v) is 16.9. The number of carbonyl (C=O) groups excluding carboxylic acids is 1. The number of sulfone groups is 1. The minimum absolute atomic E-state index is 0.0330. The van der Waals surface area contributed by atoms with E-state index in [9.17, 15) is 13.2 Å². The fourth-order valence-corrected chi connectivity index (χ4v) is 5.27. The number of nitrogens with zero attached hydrogens (tertiary/aromatic N) is 3. The van der Waals surface area contributed by atoms with Gasteiger partial charge in [0.1, 0.15) is 11.5 Å². The third-order valence-corrected chi connectivity index (χ3v) is 6.98. The van der Waals surface area contributed by atoms with E-state index in [1.54, 1.807) is 0 Å². The predicted octanol–water partition coefficient (Wildman–Crippen LogP) is 1.37. The Morgan fingerprint density at radius 3 is 2.73 bits per heavy atom. The Balaban J connectivity index is 1.54. The molecule has 0 spiro atoms. The van der Waals surface area contributed by atoms with Gasteiger partial charge in [0.2, 0.25) is 5.91 Å². The van der Waals surface area contributed by atoms with Gasteiger partial charge in [0.15, 0.2) is 15.7 Å². The average molecular weight is 384 g/mol. The van der Waals surface area contributed by atoms with E-state index in [0.29, 0.717) is 38.9 Å². The molecule has 26 heavy (non-hydrogen) atoms. The molecule has 1 fully saturated rings. The van der Waals surface area contributed by atoms with E-state index in [1.165, 1.54) is 0 Å². The zero-order chi connectivity index (χ0) is 19.1. The van der Waals surface area contributed by atoms with E-state index in [4.69, 9.17) is 4.42 Å². The highest BCUT2D eigenvalue weighted by molar-refractivity contribution is 7.91. The van der Waals surface area contributed by atoms with Crippen molar-refractivity contribution in [2.24, 2.45) is 0 Å². The summed E-state index contributed by atoms with van der Waals surface area (Å²) in [5.41, 5.74) is 0.723. The van der Waals surface area contributed by atoms with Crippen LogP contribution in [-0.4, -0.2) is 66.8 Å². The Labute approximate surface area is 155 Å². The summed E-state index contributed by atoms with van der Waals surface area (Å²) in [5.74, 6) is 2.17. The van der Waals surface area contributed by atoms with Crippen LogP contribution in [0.2, 0.25) is 0 Å². The third kappa shape index (κ3) is 4.28. The van der Waals surface area contributed by atoms with Crippen molar-refractivity contribution in [3.8, 4) is 0 Å². The molecular weight excluding hydrogens is 354 g/mol. The highest BCUT2D eigenvalue weighted by atomic mass is 32.2. The van der Waals surface area contributed by atoms with Gasteiger partial charge in [0.05, 0.1) is 18.1 Å². The molecule has 146 valence electrons. The fourth-order valence-electron chi connectivity index (χ4n) is 3.47. The van der Waals surface area contributed by atoms with Gasteiger partial charge >= 0.3 is 0 Å². The highest BCUT2D eigenvalue weighted by Gasteiger charge is 2.32. The Hall–Kier alpha value is -1.41. The molecule has 3 rings (SSSR count). The molecule has 0 aromatic carbocycles. The number of amides is 1. The third-order valence-electron chi connectivity index (χ3n) is 5.23. The Kier molecular flexibility index (Phi) is 5.18. The minimum atomic E-state index is -2.90. The normalized spacial score (nSPS) is 22.7. The molecule has 1 aromatic rings. The van der Waals surface area contributed by atoms with Gasteiger partial charge in [0, 0.05) is 37.4 Å². The molecule has 0 saturated carbocycles. The van der Waals surface area contributed by atoms with Gasteiger partial charge in [-0.25, -0.2) is 13.4 Å². The lowest BCUT2D eigenvalue weighted by Gasteiger charge is -2.27. The second-order valence-corrected chi connectivity index (χ2v) is 10.7. The number of oxazole rings is 1. The number of aromatic nitrogens is 1. The first-order valence-corrected chi connectivity index (χ1v) is 11.0. The first kappa shape index (κ1) is 19.4. The lowest BCUT2D eigenvalue weighted by molar-refractivity contribution is -0.132. The zero-order valence-electron chi connectivity index (χ0n) is 16.1. The molecule has 2 aliphatic heterocycles. The maximum Gasteiger partial charge on any atom is 0.224 e. The molecule has 3 heterocycles. The number of fused-ring (bicyclic) bond motifs is 1. The standard InChI is InChI=1S/C18H29N3O4S/c1-18(2,3)17-19-14-11-21(9-5-15(14)25-17)16(22)6-8-20(4)13-7-10-26(23,24)12-13/h13H,5-12H2,1-4H3. The number of hydrogen-bond acceptors (Lipinski definition) is 6. The van der Waals surface area contributed by atoms with Gasteiger partial charge in [-0.2, -0.15) is 0 Å². The first-order chi connectivity index (χ1) is 12.0. The van der Waals surface area contributed by atoms with Crippen molar-refractivity contribution >= 4 is 15.7 Å². The van der Waals surface area contributed by atoms with E-state index in [-0.39, 0.29) is 28.9 Å². The van der Waals surface area contributed by atoms with Gasteiger partial charge < -0.3 is 14.2 Å². The van der Waals surface area contributed by atoms with E-state index < -0.39 is 9.84 Å². The number of rotatable bonds is 4. The minimum Gasteiger partial charge on any atom is -0.445 e. The molecular formula is C18H29N3O4S. The number of carbonyl (C=O) groups is 1. The monoisotopic (exact) mass is 383 g/mol. The van der Waals surface area contributed by atoms with Crippen molar-refractivity contribution in [2.45, 2.75) is 58.0 Å². The summed E-state index contributed by atoms with van der Waals surface area (Å²) in [7, 11) is -0.995. The van der Waals surface area contributed by atoms with Crippen LogP contribution in [-0.2, 0) is 33.0 Å². The van der Waals surface area contributed by atoms with E-state index in [2.05, 4.69) is 25.8 Å². The van der Waals surface area contributed by atoms with Crippen molar-refractivity contribution < 1.29 is 17.6 Å². The lowest BCUT2D eigenvalue weighted by Crippen LogP contribution is -2.39.